The zero-order valence-corrected chi connectivity index (χ0v) is 18.8. The van der Waals surface area contributed by atoms with Gasteiger partial charge in [0.2, 0.25) is 5.91 Å². The molecule has 0 aromatic heterocycles. The molecule has 0 aromatic carbocycles. The molecule has 10 nitrogen and oxygen atoms in total. The second kappa shape index (κ2) is 13.3. The molecule has 29 heavy (non-hydrogen) atoms. The van der Waals surface area contributed by atoms with E-state index in [1.807, 2.05) is 0 Å². The third kappa shape index (κ3) is 11.7. The first-order chi connectivity index (χ1) is 13.0. The molecule has 1 fully saturated rings. The Morgan fingerprint density at radius 1 is 1.38 bits per heavy atom. The van der Waals surface area contributed by atoms with Crippen LogP contribution in [-0.4, -0.2) is 82.8 Å². The number of carbonyl (C=O) groups excluding carboxylic acids is 2. The summed E-state index contributed by atoms with van der Waals surface area (Å²) in [5.41, 5.74) is -1.16. The minimum atomic E-state index is -3.84. The summed E-state index contributed by atoms with van der Waals surface area (Å²) in [6.45, 7) is 6.38. The average Bonchev–Trinajstić information content (AvgIpc) is 2.64. The van der Waals surface area contributed by atoms with E-state index in [0.717, 1.165) is 6.54 Å². The molecule has 0 aromatic rings. The Bertz CT molecular complexity index is 609. The lowest BCUT2D eigenvalue weighted by atomic mass is 9.88. The lowest BCUT2D eigenvalue weighted by Crippen LogP contribution is -2.42. The topological polar surface area (TPSA) is 140 Å². The summed E-state index contributed by atoms with van der Waals surface area (Å²) in [5, 5.41) is 15.9. The van der Waals surface area contributed by atoms with Gasteiger partial charge < -0.3 is 25.2 Å². The molecule has 1 amide bonds. The number of ether oxygens (including phenoxy) is 2. The molecule has 0 aliphatic carbocycles. The van der Waals surface area contributed by atoms with Crippen molar-refractivity contribution in [1.82, 2.24) is 10.6 Å². The number of esters is 1. The second-order valence-corrected chi connectivity index (χ2v) is 9.16. The van der Waals surface area contributed by atoms with Gasteiger partial charge >= 0.3 is 5.97 Å². The number of aliphatic hydroxyl groups is 1. The van der Waals surface area contributed by atoms with Crippen molar-refractivity contribution in [3.63, 3.8) is 0 Å². The molecule has 12 heteroatoms. The van der Waals surface area contributed by atoms with E-state index in [1.165, 1.54) is 20.8 Å². The fourth-order valence-electron chi connectivity index (χ4n) is 2.39. The zero-order valence-electron chi connectivity index (χ0n) is 17.1. The van der Waals surface area contributed by atoms with E-state index in [4.69, 9.17) is 13.7 Å². The predicted molar refractivity (Wildman–Crippen MR) is 108 cm³/mol. The summed E-state index contributed by atoms with van der Waals surface area (Å²) in [6, 6.07) is 0. The Hall–Kier alpha value is -0.980. The number of hydrogen-bond acceptors (Lipinski definition) is 9. The summed E-state index contributed by atoms with van der Waals surface area (Å²) in [7, 11) is -3.84. The molecule has 1 aliphatic heterocycles. The highest BCUT2D eigenvalue weighted by molar-refractivity contribution is 7.86. The van der Waals surface area contributed by atoms with Crippen LogP contribution in [0.2, 0.25) is 0 Å². The largest absolute Gasteiger partial charge is 0.464 e. The minimum Gasteiger partial charge on any atom is -0.464 e. The average molecular weight is 461 g/mol. The Morgan fingerprint density at radius 2 is 2.07 bits per heavy atom. The minimum absolute atomic E-state index is 0. The van der Waals surface area contributed by atoms with Crippen molar-refractivity contribution in [2.24, 2.45) is 5.41 Å². The maximum Gasteiger partial charge on any atom is 0.335 e. The van der Waals surface area contributed by atoms with Crippen LogP contribution in [0.5, 0.6) is 0 Å². The van der Waals surface area contributed by atoms with Crippen molar-refractivity contribution < 1.29 is 36.8 Å². The summed E-state index contributed by atoms with van der Waals surface area (Å²) in [6.07, 6.45) is -0.874. The van der Waals surface area contributed by atoms with Crippen LogP contribution < -0.4 is 10.6 Å². The van der Waals surface area contributed by atoms with Crippen molar-refractivity contribution in [3.05, 3.63) is 0 Å². The molecule has 1 unspecified atom stereocenters. The van der Waals surface area contributed by atoms with Crippen LogP contribution in [0.1, 0.15) is 33.6 Å². The van der Waals surface area contributed by atoms with Crippen LogP contribution in [0.4, 0.5) is 0 Å². The van der Waals surface area contributed by atoms with Crippen molar-refractivity contribution in [1.29, 1.82) is 0 Å². The first-order valence-corrected chi connectivity index (χ1v) is 10.9. The predicted octanol–water partition coefficient (Wildman–Crippen LogP) is -0.410. The number of morpholine rings is 1. The Labute approximate surface area is 178 Å². The van der Waals surface area contributed by atoms with Crippen molar-refractivity contribution in [2.75, 3.05) is 45.2 Å². The zero-order chi connectivity index (χ0) is 21.2. The molecule has 1 aliphatic rings. The highest BCUT2D eigenvalue weighted by Gasteiger charge is 2.36. The number of hydrogen-bond donors (Lipinski definition) is 3. The van der Waals surface area contributed by atoms with Gasteiger partial charge in [-0.1, -0.05) is 13.8 Å². The Morgan fingerprint density at radius 3 is 2.66 bits per heavy atom. The first kappa shape index (κ1) is 28.0. The molecular formula is C17H33ClN2O8S. The summed E-state index contributed by atoms with van der Waals surface area (Å²) in [5.74, 6) is -1.35. The standard InChI is InChI=1S/C17H32N2O8S.ClH/c1-13(20)19-6-4-10-28(23,24)27-12-17(2,3)15(21)16(22)26-8-5-14-11-18-7-9-25-14;/h14-15,18,21H,4-12H2,1-3H3,(H,19,20);1H/t14?,15-;/m0./s1. The van der Waals surface area contributed by atoms with Crippen LogP contribution >= 0.6 is 12.4 Å². The maximum absolute atomic E-state index is 12.1. The fraction of sp³-hybridized carbons (Fsp3) is 0.882. The number of nitrogens with one attached hydrogen (secondary N) is 2. The molecule has 2 atom stereocenters. The monoisotopic (exact) mass is 460 g/mol. The molecule has 0 radical (unpaired) electrons. The third-order valence-electron chi connectivity index (χ3n) is 4.21. The van der Waals surface area contributed by atoms with E-state index in [0.29, 0.717) is 19.6 Å². The quantitative estimate of drug-likeness (QED) is 0.201. The van der Waals surface area contributed by atoms with Crippen LogP contribution in [0, 0.1) is 5.41 Å². The molecule has 1 saturated heterocycles. The molecule has 172 valence electrons. The van der Waals surface area contributed by atoms with Crippen molar-refractivity contribution in [2.45, 2.75) is 45.8 Å². The molecule has 0 spiro atoms. The van der Waals surface area contributed by atoms with E-state index >= 15 is 0 Å². The summed E-state index contributed by atoms with van der Waals surface area (Å²) in [4.78, 5) is 22.8. The molecule has 0 saturated carbocycles. The highest BCUT2D eigenvalue weighted by Crippen LogP contribution is 2.23. The number of aliphatic hydroxyl groups excluding tert-OH is 1. The number of amides is 1. The lowest BCUT2D eigenvalue weighted by Gasteiger charge is -2.28. The van der Waals surface area contributed by atoms with E-state index in [9.17, 15) is 23.1 Å². The summed E-state index contributed by atoms with van der Waals surface area (Å²) < 4.78 is 39.3. The Balaban J connectivity index is 0.00000784. The van der Waals surface area contributed by atoms with Crippen molar-refractivity contribution >= 4 is 34.4 Å². The van der Waals surface area contributed by atoms with Crippen LogP contribution in [-0.2, 0) is 33.4 Å². The first-order valence-electron chi connectivity index (χ1n) is 9.32. The van der Waals surface area contributed by atoms with E-state index in [1.54, 1.807) is 0 Å². The van der Waals surface area contributed by atoms with E-state index in [2.05, 4.69) is 10.6 Å². The molecular weight excluding hydrogens is 428 g/mol. The fourth-order valence-corrected chi connectivity index (χ4v) is 3.49. The maximum atomic E-state index is 12.1. The number of rotatable bonds is 12. The highest BCUT2D eigenvalue weighted by atomic mass is 35.5. The molecule has 1 rings (SSSR count). The van der Waals surface area contributed by atoms with Gasteiger partial charge in [-0.2, -0.15) is 8.42 Å². The molecule has 1 heterocycles. The third-order valence-corrected chi connectivity index (χ3v) is 5.47. The van der Waals surface area contributed by atoms with Crippen molar-refractivity contribution in [3.8, 4) is 0 Å². The smallest absolute Gasteiger partial charge is 0.335 e. The van der Waals surface area contributed by atoms with Gasteiger partial charge in [-0.15, -0.1) is 12.4 Å². The van der Waals surface area contributed by atoms with Crippen LogP contribution in [0.25, 0.3) is 0 Å². The van der Waals surface area contributed by atoms with E-state index < -0.39 is 27.6 Å². The van der Waals surface area contributed by atoms with Gasteiger partial charge in [0.1, 0.15) is 0 Å². The van der Waals surface area contributed by atoms with Gasteiger partial charge in [0.25, 0.3) is 10.1 Å². The van der Waals surface area contributed by atoms with Gasteiger partial charge in [-0.05, 0) is 6.42 Å². The van der Waals surface area contributed by atoms with Gasteiger partial charge in [0, 0.05) is 38.4 Å². The van der Waals surface area contributed by atoms with Gasteiger partial charge in [-0.25, -0.2) is 4.79 Å². The van der Waals surface area contributed by atoms with E-state index in [-0.39, 0.29) is 56.4 Å². The van der Waals surface area contributed by atoms with Gasteiger partial charge in [-0.3, -0.25) is 8.98 Å². The normalized spacial score (nSPS) is 18.4. The van der Waals surface area contributed by atoms with Crippen LogP contribution in [0.3, 0.4) is 0 Å². The van der Waals surface area contributed by atoms with Gasteiger partial charge in [0.05, 0.1) is 31.7 Å². The SMILES string of the molecule is CC(=O)NCCCS(=O)(=O)OCC(C)(C)[C@@H](O)C(=O)OCCC1CNCCO1.Cl. The van der Waals surface area contributed by atoms with Crippen LogP contribution in [0.15, 0.2) is 0 Å². The van der Waals surface area contributed by atoms with Gasteiger partial charge in [0.15, 0.2) is 6.10 Å². The lowest BCUT2D eigenvalue weighted by molar-refractivity contribution is -0.162. The molecule has 3 N–H and O–H groups in total. The molecule has 0 bridgehead atoms. The number of halogens is 1. The second-order valence-electron chi connectivity index (χ2n) is 7.40. The summed E-state index contributed by atoms with van der Waals surface area (Å²) >= 11 is 0. The number of carbonyl (C=O) groups is 2. The Kier molecular flexibility index (Phi) is 12.9.